The lowest BCUT2D eigenvalue weighted by Gasteiger charge is -2.24. The Labute approximate surface area is 112 Å². The number of ether oxygens (including phenoxy) is 2. The number of hydrogen-bond donors (Lipinski definition) is 1. The van der Waals surface area contributed by atoms with Crippen LogP contribution in [0.1, 0.15) is 19.8 Å². The van der Waals surface area contributed by atoms with Crippen molar-refractivity contribution >= 4 is 11.6 Å². The smallest absolute Gasteiger partial charge is 0.126 e. The van der Waals surface area contributed by atoms with Crippen molar-refractivity contribution in [3.05, 3.63) is 41.1 Å². The molecule has 3 nitrogen and oxygen atoms in total. The van der Waals surface area contributed by atoms with Crippen LogP contribution < -0.4 is 4.74 Å². The third kappa shape index (κ3) is 3.40. The van der Waals surface area contributed by atoms with Gasteiger partial charge in [0.15, 0.2) is 0 Å². The van der Waals surface area contributed by atoms with E-state index in [4.69, 9.17) is 21.1 Å². The summed E-state index contributed by atoms with van der Waals surface area (Å²) in [7, 11) is 0. The first-order valence-electron chi connectivity index (χ1n) is 6.07. The molecular weight excluding hydrogens is 252 g/mol. The highest BCUT2D eigenvalue weighted by atomic mass is 35.5. The van der Waals surface area contributed by atoms with Crippen LogP contribution in [0.4, 0.5) is 0 Å². The Kier molecular flexibility index (Phi) is 4.50. The molecule has 1 aliphatic heterocycles. The second-order valence-corrected chi connectivity index (χ2v) is 4.83. The SMILES string of the molecule is CC(Oc1cccc(Cl)c1)C(O)C1=COCCC1. The summed E-state index contributed by atoms with van der Waals surface area (Å²) in [5.74, 6) is 0.659. The monoisotopic (exact) mass is 268 g/mol. The molecule has 18 heavy (non-hydrogen) atoms. The van der Waals surface area contributed by atoms with Crippen molar-refractivity contribution in [2.45, 2.75) is 32.0 Å². The second kappa shape index (κ2) is 6.12. The second-order valence-electron chi connectivity index (χ2n) is 4.39. The highest BCUT2D eigenvalue weighted by molar-refractivity contribution is 6.30. The van der Waals surface area contributed by atoms with E-state index in [1.165, 1.54) is 0 Å². The fourth-order valence-corrected chi connectivity index (χ4v) is 2.10. The molecule has 2 unspecified atom stereocenters. The van der Waals surface area contributed by atoms with Crippen molar-refractivity contribution in [2.24, 2.45) is 0 Å². The molecule has 0 saturated heterocycles. The molecule has 1 aromatic rings. The molecule has 2 rings (SSSR count). The van der Waals surface area contributed by atoms with Gasteiger partial charge in [-0.25, -0.2) is 0 Å². The molecule has 0 aliphatic carbocycles. The third-order valence-corrected chi connectivity index (χ3v) is 3.14. The maximum atomic E-state index is 10.2. The van der Waals surface area contributed by atoms with Crippen LogP contribution in [-0.2, 0) is 4.74 Å². The van der Waals surface area contributed by atoms with E-state index in [1.807, 2.05) is 19.1 Å². The van der Waals surface area contributed by atoms with E-state index in [0.29, 0.717) is 10.8 Å². The molecule has 4 heteroatoms. The zero-order chi connectivity index (χ0) is 13.0. The fourth-order valence-electron chi connectivity index (χ4n) is 1.92. The third-order valence-electron chi connectivity index (χ3n) is 2.90. The predicted octanol–water partition coefficient (Wildman–Crippen LogP) is 3.16. The lowest BCUT2D eigenvalue weighted by molar-refractivity contribution is 0.0617. The summed E-state index contributed by atoms with van der Waals surface area (Å²) in [6.07, 6.45) is 2.45. The van der Waals surface area contributed by atoms with Gasteiger partial charge in [-0.3, -0.25) is 0 Å². The zero-order valence-corrected chi connectivity index (χ0v) is 11.1. The Hall–Kier alpha value is -1.19. The molecule has 0 spiro atoms. The molecule has 0 bridgehead atoms. The van der Waals surface area contributed by atoms with E-state index in [9.17, 15) is 5.11 Å². The molecule has 0 saturated carbocycles. The first-order chi connectivity index (χ1) is 8.66. The molecule has 1 heterocycles. The number of rotatable bonds is 4. The van der Waals surface area contributed by atoms with E-state index in [1.54, 1.807) is 18.4 Å². The van der Waals surface area contributed by atoms with Crippen LogP contribution in [0.5, 0.6) is 5.75 Å². The number of benzene rings is 1. The number of halogens is 1. The van der Waals surface area contributed by atoms with Gasteiger partial charge in [0.25, 0.3) is 0 Å². The molecule has 1 N–H and O–H groups in total. The quantitative estimate of drug-likeness (QED) is 0.912. The molecule has 0 radical (unpaired) electrons. The van der Waals surface area contributed by atoms with Crippen LogP contribution in [0, 0.1) is 0 Å². The van der Waals surface area contributed by atoms with Crippen molar-refractivity contribution < 1.29 is 14.6 Å². The van der Waals surface area contributed by atoms with Crippen LogP contribution in [0.15, 0.2) is 36.1 Å². The Morgan fingerprint density at radius 3 is 2.94 bits per heavy atom. The average Bonchev–Trinajstić information content (AvgIpc) is 2.39. The molecule has 98 valence electrons. The fraction of sp³-hybridized carbons (Fsp3) is 0.429. The maximum absolute atomic E-state index is 10.2. The van der Waals surface area contributed by atoms with Gasteiger partial charge in [0, 0.05) is 5.02 Å². The van der Waals surface area contributed by atoms with E-state index in [-0.39, 0.29) is 6.10 Å². The van der Waals surface area contributed by atoms with Gasteiger partial charge in [-0.2, -0.15) is 0 Å². The van der Waals surface area contributed by atoms with Crippen molar-refractivity contribution in [3.8, 4) is 5.75 Å². The van der Waals surface area contributed by atoms with Gasteiger partial charge in [0.1, 0.15) is 18.0 Å². The molecule has 2 atom stereocenters. The minimum Gasteiger partial charge on any atom is -0.501 e. The zero-order valence-electron chi connectivity index (χ0n) is 10.3. The molecule has 0 fully saturated rings. The average molecular weight is 269 g/mol. The highest BCUT2D eigenvalue weighted by Gasteiger charge is 2.22. The van der Waals surface area contributed by atoms with Gasteiger partial charge >= 0.3 is 0 Å². The minimum absolute atomic E-state index is 0.337. The first kappa shape index (κ1) is 13.2. The molecule has 1 aliphatic rings. The van der Waals surface area contributed by atoms with Crippen LogP contribution in [0.2, 0.25) is 5.02 Å². The topological polar surface area (TPSA) is 38.7 Å². The van der Waals surface area contributed by atoms with E-state index >= 15 is 0 Å². The minimum atomic E-state index is -0.649. The van der Waals surface area contributed by atoms with Gasteiger partial charge in [0.05, 0.1) is 12.9 Å². The van der Waals surface area contributed by atoms with Gasteiger partial charge in [-0.15, -0.1) is 0 Å². The van der Waals surface area contributed by atoms with E-state index in [0.717, 1.165) is 25.0 Å². The summed E-state index contributed by atoms with van der Waals surface area (Å²) in [5, 5.41) is 10.8. The van der Waals surface area contributed by atoms with Crippen LogP contribution >= 0.6 is 11.6 Å². The van der Waals surface area contributed by atoms with Gasteiger partial charge < -0.3 is 14.6 Å². The lowest BCUT2D eigenvalue weighted by Crippen LogP contribution is -2.31. The van der Waals surface area contributed by atoms with Gasteiger partial charge in [-0.05, 0) is 43.5 Å². The van der Waals surface area contributed by atoms with Crippen LogP contribution in [0.25, 0.3) is 0 Å². The Morgan fingerprint density at radius 1 is 1.44 bits per heavy atom. The Morgan fingerprint density at radius 2 is 2.28 bits per heavy atom. The number of hydrogen-bond acceptors (Lipinski definition) is 3. The standard InChI is InChI=1S/C14H17ClO3/c1-10(14(16)11-4-3-7-17-9-11)18-13-6-2-5-12(15)8-13/h2,5-6,8-10,14,16H,3-4,7H2,1H3. The normalized spacial score (nSPS) is 18.5. The summed E-state index contributed by atoms with van der Waals surface area (Å²) in [5.41, 5.74) is 0.885. The number of aliphatic hydroxyl groups excluding tert-OH is 1. The van der Waals surface area contributed by atoms with Crippen molar-refractivity contribution in [1.82, 2.24) is 0 Å². The predicted molar refractivity (Wildman–Crippen MR) is 70.8 cm³/mol. The molecule has 1 aromatic carbocycles. The first-order valence-corrected chi connectivity index (χ1v) is 6.45. The van der Waals surface area contributed by atoms with Gasteiger partial charge in [0.2, 0.25) is 0 Å². The maximum Gasteiger partial charge on any atom is 0.126 e. The largest absolute Gasteiger partial charge is 0.501 e. The van der Waals surface area contributed by atoms with Crippen LogP contribution in [0.3, 0.4) is 0 Å². The Balaban J connectivity index is 1.98. The highest BCUT2D eigenvalue weighted by Crippen LogP contribution is 2.23. The lowest BCUT2D eigenvalue weighted by atomic mass is 10.0. The molecular formula is C14H17ClO3. The summed E-state index contributed by atoms with van der Waals surface area (Å²) in [6, 6.07) is 7.16. The number of aliphatic hydroxyl groups is 1. The summed E-state index contributed by atoms with van der Waals surface area (Å²) in [4.78, 5) is 0. The summed E-state index contributed by atoms with van der Waals surface area (Å²) < 4.78 is 10.9. The van der Waals surface area contributed by atoms with Crippen LogP contribution in [-0.4, -0.2) is 23.9 Å². The summed E-state index contributed by atoms with van der Waals surface area (Å²) in [6.45, 7) is 2.56. The van der Waals surface area contributed by atoms with Crippen molar-refractivity contribution in [2.75, 3.05) is 6.61 Å². The van der Waals surface area contributed by atoms with Gasteiger partial charge in [-0.1, -0.05) is 17.7 Å². The molecule has 0 amide bonds. The van der Waals surface area contributed by atoms with Crippen molar-refractivity contribution in [3.63, 3.8) is 0 Å². The van der Waals surface area contributed by atoms with E-state index < -0.39 is 6.10 Å². The van der Waals surface area contributed by atoms with E-state index in [2.05, 4.69) is 0 Å². The van der Waals surface area contributed by atoms with Crippen molar-refractivity contribution in [1.29, 1.82) is 0 Å². The summed E-state index contributed by atoms with van der Waals surface area (Å²) >= 11 is 5.88. The Bertz CT molecular complexity index is 431. The molecule has 0 aromatic heterocycles.